The minimum Gasteiger partial charge on any atom is -0.364 e. The van der Waals surface area contributed by atoms with E-state index >= 15 is 0 Å². The molecule has 0 rings (SSSR count). The second-order valence-electron chi connectivity index (χ2n) is 3.73. The highest BCUT2D eigenvalue weighted by Crippen LogP contribution is 2.68. The number of nitrogens with one attached hydrogen (secondary N) is 2. The lowest BCUT2D eigenvalue weighted by atomic mass is 10.3. The van der Waals surface area contributed by atoms with Crippen molar-refractivity contribution in [3.05, 3.63) is 12.2 Å². The van der Waals surface area contributed by atoms with Crippen LogP contribution in [0.15, 0.2) is 12.2 Å². The van der Waals surface area contributed by atoms with Crippen LogP contribution in [-0.2, 0) is 9.13 Å². The van der Waals surface area contributed by atoms with Crippen molar-refractivity contribution in [1.29, 1.82) is 5.41 Å². The van der Waals surface area contributed by atoms with Crippen LogP contribution < -0.4 is 5.32 Å². The Morgan fingerprint density at radius 3 is 2.11 bits per heavy atom. The molecule has 0 bridgehead atoms. The van der Waals surface area contributed by atoms with E-state index in [4.69, 9.17) is 25.0 Å². The predicted octanol–water partition coefficient (Wildman–Crippen LogP) is -0.437. The fourth-order valence-corrected chi connectivity index (χ4v) is 3.05. The second kappa shape index (κ2) is 7.42. The fourth-order valence-electron chi connectivity index (χ4n) is 1.10. The molecule has 7 N–H and O–H groups in total. The monoisotopic (exact) mass is 316 g/mol. The minimum atomic E-state index is -5.43. The van der Waals surface area contributed by atoms with E-state index in [1.165, 1.54) is 6.21 Å². The summed E-state index contributed by atoms with van der Waals surface area (Å²) in [5, 5.41) is 15.5. The summed E-state index contributed by atoms with van der Waals surface area (Å²) in [7, 11) is -10.9. The van der Waals surface area contributed by atoms with E-state index in [1.54, 1.807) is 0 Å². The molecule has 0 heterocycles. The average molecular weight is 316 g/mol. The lowest BCUT2D eigenvalue weighted by Gasteiger charge is -2.25. The van der Waals surface area contributed by atoms with Gasteiger partial charge in [0, 0.05) is 6.54 Å². The van der Waals surface area contributed by atoms with E-state index in [0.29, 0.717) is 25.5 Å². The number of unbranched alkanes of at least 4 members (excludes halogenated alkanes) is 1. The third kappa shape index (κ3) is 5.64. The summed E-state index contributed by atoms with van der Waals surface area (Å²) in [6.45, 7) is 0.588. The Hall–Kier alpha value is -0.370. The van der Waals surface area contributed by atoms with Crippen LogP contribution in [0.2, 0.25) is 0 Å². The van der Waals surface area contributed by atoms with Gasteiger partial charge in [-0.15, -0.1) is 0 Å². The quantitative estimate of drug-likeness (QED) is 0.130. The number of aliphatic hydroxyl groups is 1. The molecule has 0 fully saturated rings. The Balaban J connectivity index is 4.58. The summed E-state index contributed by atoms with van der Waals surface area (Å²) in [5.41, 5.74) is 0. The maximum atomic E-state index is 11.0. The first-order valence-electron chi connectivity index (χ1n) is 5.27. The normalized spacial score (nSPS) is 13.9. The van der Waals surface area contributed by atoms with Gasteiger partial charge in [0.2, 0.25) is 0 Å². The van der Waals surface area contributed by atoms with Crippen molar-refractivity contribution >= 4 is 21.4 Å². The molecule has 0 aliphatic carbocycles. The second-order valence-corrected chi connectivity index (χ2v) is 7.62. The van der Waals surface area contributed by atoms with Crippen LogP contribution >= 0.6 is 15.2 Å². The maximum Gasteiger partial charge on any atom is 0.373 e. The standard InChI is InChI=1S/C8H18N2O7P2/c9-5-1-2-6-10-7-3-4-8(11,18(12,13)14)19(15,16)17/h3-5,9-11H,1-2,6-7H2,(H2,12,13,14)(H2,15,16,17). The van der Waals surface area contributed by atoms with Gasteiger partial charge >= 0.3 is 15.2 Å². The molecule has 0 aromatic heterocycles. The van der Waals surface area contributed by atoms with E-state index in [-0.39, 0.29) is 6.54 Å². The molecule has 0 aliphatic rings. The molecule has 0 aromatic carbocycles. The Kier molecular flexibility index (Phi) is 7.28. The molecule has 9 nitrogen and oxygen atoms in total. The molecular weight excluding hydrogens is 298 g/mol. The summed E-state index contributed by atoms with van der Waals surface area (Å²) in [6.07, 6.45) is 3.93. The van der Waals surface area contributed by atoms with Crippen molar-refractivity contribution in [1.82, 2.24) is 5.32 Å². The maximum absolute atomic E-state index is 11.0. The van der Waals surface area contributed by atoms with Crippen molar-refractivity contribution in [3.8, 4) is 0 Å². The zero-order chi connectivity index (χ0) is 15.2. The summed E-state index contributed by atoms with van der Waals surface area (Å²) in [6, 6.07) is 0. The zero-order valence-corrected chi connectivity index (χ0v) is 11.8. The smallest absolute Gasteiger partial charge is 0.364 e. The highest BCUT2D eigenvalue weighted by atomic mass is 31.2. The van der Waals surface area contributed by atoms with Crippen LogP contribution in [0.4, 0.5) is 0 Å². The SMILES string of the molecule is N=CCCCNCC=CC(O)(P(=O)(O)O)P(=O)(O)O. The molecule has 0 aliphatic heterocycles. The first-order valence-corrected chi connectivity index (χ1v) is 8.49. The van der Waals surface area contributed by atoms with Gasteiger partial charge in [0.25, 0.3) is 5.08 Å². The molecule has 0 aromatic rings. The van der Waals surface area contributed by atoms with Gasteiger partial charge in [0.05, 0.1) is 0 Å². The van der Waals surface area contributed by atoms with Crippen LogP contribution in [-0.4, -0.2) is 49.1 Å². The van der Waals surface area contributed by atoms with Gasteiger partial charge < -0.3 is 35.4 Å². The van der Waals surface area contributed by atoms with E-state index in [2.05, 4.69) is 5.32 Å². The van der Waals surface area contributed by atoms with Crippen molar-refractivity contribution in [2.24, 2.45) is 0 Å². The van der Waals surface area contributed by atoms with Gasteiger partial charge in [-0.2, -0.15) is 0 Å². The largest absolute Gasteiger partial charge is 0.373 e. The van der Waals surface area contributed by atoms with Gasteiger partial charge in [-0.25, -0.2) is 0 Å². The lowest BCUT2D eigenvalue weighted by molar-refractivity contribution is 0.167. The van der Waals surface area contributed by atoms with Crippen LogP contribution in [0.3, 0.4) is 0 Å². The Morgan fingerprint density at radius 2 is 1.68 bits per heavy atom. The van der Waals surface area contributed by atoms with Crippen molar-refractivity contribution in [2.75, 3.05) is 13.1 Å². The van der Waals surface area contributed by atoms with Gasteiger partial charge in [-0.3, -0.25) is 9.13 Å². The molecule has 0 radical (unpaired) electrons. The van der Waals surface area contributed by atoms with E-state index in [1.807, 2.05) is 0 Å². The predicted molar refractivity (Wildman–Crippen MR) is 69.1 cm³/mol. The van der Waals surface area contributed by atoms with Crippen LogP contribution in [0.5, 0.6) is 0 Å². The van der Waals surface area contributed by atoms with Gasteiger partial charge in [0.1, 0.15) is 0 Å². The lowest BCUT2D eigenvalue weighted by Crippen LogP contribution is -2.26. The highest BCUT2D eigenvalue weighted by Gasteiger charge is 2.57. The van der Waals surface area contributed by atoms with E-state index in [0.717, 1.165) is 6.08 Å². The molecule has 11 heteroatoms. The summed E-state index contributed by atoms with van der Waals surface area (Å²) >= 11 is 0. The Bertz CT molecular complexity index is 391. The van der Waals surface area contributed by atoms with Crippen LogP contribution in [0, 0.1) is 5.41 Å². The molecule has 0 atom stereocenters. The summed E-state index contributed by atoms with van der Waals surface area (Å²) in [5.74, 6) is 0. The third-order valence-corrected chi connectivity index (χ3v) is 5.74. The molecule has 0 saturated heterocycles. The van der Waals surface area contributed by atoms with E-state index in [9.17, 15) is 14.2 Å². The topological polar surface area (TPSA) is 171 Å². The first kappa shape index (κ1) is 18.6. The summed E-state index contributed by atoms with van der Waals surface area (Å²) < 4.78 is 21.9. The molecule has 0 amide bonds. The van der Waals surface area contributed by atoms with Crippen molar-refractivity contribution in [2.45, 2.75) is 17.9 Å². The number of hydrogen-bond donors (Lipinski definition) is 7. The van der Waals surface area contributed by atoms with Gasteiger partial charge in [0.15, 0.2) is 0 Å². The molecule has 19 heavy (non-hydrogen) atoms. The highest BCUT2D eigenvalue weighted by molar-refractivity contribution is 7.72. The number of hydrogen-bond acceptors (Lipinski definition) is 5. The van der Waals surface area contributed by atoms with Crippen LogP contribution in [0.25, 0.3) is 0 Å². The average Bonchev–Trinajstić information content (AvgIpc) is 2.24. The molecule has 0 spiro atoms. The van der Waals surface area contributed by atoms with Crippen LogP contribution in [0.1, 0.15) is 12.8 Å². The molecule has 0 saturated carbocycles. The Morgan fingerprint density at radius 1 is 1.16 bits per heavy atom. The van der Waals surface area contributed by atoms with Crippen molar-refractivity contribution in [3.63, 3.8) is 0 Å². The van der Waals surface area contributed by atoms with Gasteiger partial charge in [-0.1, -0.05) is 6.08 Å². The zero-order valence-electron chi connectivity index (χ0n) is 10.0. The molecule has 0 unspecified atom stereocenters. The molecular formula is C8H18N2O7P2. The fraction of sp³-hybridized carbons (Fsp3) is 0.625. The summed E-state index contributed by atoms with van der Waals surface area (Å²) in [4.78, 5) is 35.3. The third-order valence-electron chi connectivity index (χ3n) is 2.16. The Labute approximate surface area is 110 Å². The van der Waals surface area contributed by atoms with Crippen molar-refractivity contribution < 1.29 is 33.8 Å². The van der Waals surface area contributed by atoms with Gasteiger partial charge in [-0.05, 0) is 31.7 Å². The molecule has 112 valence electrons. The van der Waals surface area contributed by atoms with E-state index < -0.39 is 20.3 Å². The minimum absolute atomic E-state index is 0.0698. The first-order chi connectivity index (χ1) is 8.56. The number of rotatable bonds is 9.